The first-order chi connectivity index (χ1) is 13.7. The Hall–Kier alpha value is -2.60. The van der Waals surface area contributed by atoms with Crippen molar-refractivity contribution in [2.75, 3.05) is 6.61 Å². The van der Waals surface area contributed by atoms with Crippen molar-refractivity contribution in [3.05, 3.63) is 52.0 Å². The largest absolute Gasteiger partial charge is 0.466 e. The van der Waals surface area contributed by atoms with Crippen molar-refractivity contribution in [3.63, 3.8) is 0 Å². The molecule has 0 unspecified atom stereocenters. The van der Waals surface area contributed by atoms with Crippen LogP contribution in [0.4, 0.5) is 0 Å². The Balaban J connectivity index is 1.89. The molecular formula is C23H31N3O3. The Labute approximate surface area is 173 Å². The highest BCUT2D eigenvalue weighted by Crippen LogP contribution is 2.40. The molecule has 0 saturated carbocycles. The minimum absolute atomic E-state index is 0.0758. The standard InChI is InChI=1S/C23H31N3O3/c1-7-29-18(27)10-8-9-17-13-24-21-20(23(5,6)25-26(21)22(17)28)19-15(3)11-14(2)12-16(19)4/h11-13,24-25H,7-10H2,1-6H3. The van der Waals surface area contributed by atoms with Gasteiger partial charge in [-0.3, -0.25) is 9.59 Å². The van der Waals surface area contributed by atoms with E-state index in [4.69, 9.17) is 4.74 Å². The molecule has 2 aliphatic rings. The van der Waals surface area contributed by atoms with Crippen LogP contribution in [0.2, 0.25) is 0 Å². The van der Waals surface area contributed by atoms with Gasteiger partial charge in [0.15, 0.2) is 0 Å². The molecule has 0 aliphatic carbocycles. The van der Waals surface area contributed by atoms with Gasteiger partial charge in [0, 0.05) is 23.8 Å². The molecule has 0 bridgehead atoms. The van der Waals surface area contributed by atoms with Gasteiger partial charge in [0.25, 0.3) is 5.91 Å². The van der Waals surface area contributed by atoms with Gasteiger partial charge in [-0.2, -0.15) is 0 Å². The van der Waals surface area contributed by atoms with E-state index < -0.39 is 5.54 Å². The Morgan fingerprint density at radius 1 is 1.17 bits per heavy atom. The summed E-state index contributed by atoms with van der Waals surface area (Å²) < 4.78 is 4.96. The number of benzene rings is 1. The lowest BCUT2D eigenvalue weighted by Gasteiger charge is -2.28. The van der Waals surface area contributed by atoms with E-state index in [0.717, 1.165) is 11.4 Å². The van der Waals surface area contributed by atoms with E-state index in [9.17, 15) is 9.59 Å². The number of hydrogen-bond acceptors (Lipinski definition) is 5. The number of carbonyl (C=O) groups excluding carboxylic acids is 2. The van der Waals surface area contributed by atoms with Crippen molar-refractivity contribution in [3.8, 4) is 0 Å². The molecule has 0 spiro atoms. The number of nitrogens with one attached hydrogen (secondary N) is 2. The van der Waals surface area contributed by atoms with Gasteiger partial charge >= 0.3 is 5.97 Å². The molecule has 1 amide bonds. The molecule has 2 N–H and O–H groups in total. The van der Waals surface area contributed by atoms with Crippen LogP contribution in [0.3, 0.4) is 0 Å². The number of esters is 1. The molecule has 156 valence electrons. The Morgan fingerprint density at radius 2 is 1.83 bits per heavy atom. The van der Waals surface area contributed by atoms with Gasteiger partial charge in [0.2, 0.25) is 0 Å². The number of carbonyl (C=O) groups is 2. The average molecular weight is 398 g/mol. The van der Waals surface area contributed by atoms with Gasteiger partial charge in [0.1, 0.15) is 5.82 Å². The lowest BCUT2D eigenvalue weighted by atomic mass is 9.84. The molecule has 0 aromatic heterocycles. The molecule has 1 aromatic rings. The minimum Gasteiger partial charge on any atom is -0.466 e. The fourth-order valence-corrected chi connectivity index (χ4v) is 4.29. The molecule has 6 nitrogen and oxygen atoms in total. The third-order valence-electron chi connectivity index (χ3n) is 5.40. The van der Waals surface area contributed by atoms with Gasteiger partial charge in [0.05, 0.1) is 12.1 Å². The number of amides is 1. The third-order valence-corrected chi connectivity index (χ3v) is 5.40. The fraction of sp³-hybridized carbons (Fsp3) is 0.478. The Morgan fingerprint density at radius 3 is 2.45 bits per heavy atom. The van der Waals surface area contributed by atoms with Crippen molar-refractivity contribution in [2.24, 2.45) is 0 Å². The smallest absolute Gasteiger partial charge is 0.305 e. The van der Waals surface area contributed by atoms with Crippen LogP contribution in [0.5, 0.6) is 0 Å². The zero-order valence-corrected chi connectivity index (χ0v) is 18.2. The van der Waals surface area contributed by atoms with Crippen LogP contribution in [0.1, 0.15) is 62.3 Å². The summed E-state index contributed by atoms with van der Waals surface area (Å²) in [5.41, 5.74) is 9.49. The molecular weight excluding hydrogens is 366 g/mol. The highest BCUT2D eigenvalue weighted by molar-refractivity contribution is 5.98. The summed E-state index contributed by atoms with van der Waals surface area (Å²) in [6.07, 6.45) is 3.19. The molecule has 2 aliphatic heterocycles. The molecule has 0 fully saturated rings. The molecule has 6 heteroatoms. The number of hydrogen-bond donors (Lipinski definition) is 2. The number of aryl methyl sites for hydroxylation is 3. The van der Waals surface area contributed by atoms with Crippen LogP contribution in [0, 0.1) is 20.8 Å². The highest BCUT2D eigenvalue weighted by Gasteiger charge is 2.43. The number of ether oxygens (including phenoxy) is 1. The second-order valence-electron chi connectivity index (χ2n) is 8.35. The summed E-state index contributed by atoms with van der Waals surface area (Å²) in [5, 5.41) is 4.96. The quantitative estimate of drug-likeness (QED) is 0.718. The molecule has 0 radical (unpaired) electrons. The van der Waals surface area contributed by atoms with E-state index in [2.05, 4.69) is 57.5 Å². The zero-order chi connectivity index (χ0) is 21.3. The van der Waals surface area contributed by atoms with E-state index in [0.29, 0.717) is 31.4 Å². The SMILES string of the molecule is CCOC(=O)CCCC1=CNC2=C(c3c(C)cc(C)cc3C)C(C)(C)NN2C1=O. The Bertz CT molecular complexity index is 889. The van der Waals surface area contributed by atoms with Crippen molar-refractivity contribution < 1.29 is 14.3 Å². The molecule has 1 aromatic carbocycles. The minimum atomic E-state index is -0.406. The maximum atomic E-state index is 13.1. The van der Waals surface area contributed by atoms with E-state index in [1.54, 1.807) is 18.1 Å². The van der Waals surface area contributed by atoms with E-state index in [-0.39, 0.29) is 11.9 Å². The fourth-order valence-electron chi connectivity index (χ4n) is 4.29. The first kappa shape index (κ1) is 21.1. The van der Waals surface area contributed by atoms with Crippen molar-refractivity contribution >= 4 is 17.4 Å². The van der Waals surface area contributed by atoms with Crippen LogP contribution >= 0.6 is 0 Å². The first-order valence-corrected chi connectivity index (χ1v) is 10.2. The topological polar surface area (TPSA) is 70.7 Å². The average Bonchev–Trinajstić information content (AvgIpc) is 2.88. The van der Waals surface area contributed by atoms with Crippen molar-refractivity contribution in [2.45, 2.75) is 66.3 Å². The van der Waals surface area contributed by atoms with Crippen LogP contribution in [0.15, 0.2) is 29.7 Å². The lowest BCUT2D eigenvalue weighted by Crippen LogP contribution is -2.50. The lowest BCUT2D eigenvalue weighted by molar-refractivity contribution is -0.143. The maximum Gasteiger partial charge on any atom is 0.305 e. The molecule has 0 saturated heterocycles. The molecule has 2 heterocycles. The third kappa shape index (κ3) is 4.08. The highest BCUT2D eigenvalue weighted by atomic mass is 16.5. The Kier molecular flexibility index (Phi) is 5.85. The van der Waals surface area contributed by atoms with Gasteiger partial charge in [-0.15, -0.1) is 0 Å². The van der Waals surface area contributed by atoms with E-state index in [1.807, 2.05) is 0 Å². The summed E-state index contributed by atoms with van der Waals surface area (Å²) in [6.45, 7) is 12.7. The normalized spacial score (nSPS) is 17.8. The van der Waals surface area contributed by atoms with Crippen molar-refractivity contribution in [1.29, 1.82) is 0 Å². The molecule has 0 atom stereocenters. The van der Waals surface area contributed by atoms with Gasteiger partial charge in [-0.05, 0) is 71.1 Å². The monoisotopic (exact) mass is 397 g/mol. The summed E-state index contributed by atoms with van der Waals surface area (Å²) in [4.78, 5) is 24.7. The van der Waals surface area contributed by atoms with E-state index >= 15 is 0 Å². The van der Waals surface area contributed by atoms with Crippen molar-refractivity contribution in [1.82, 2.24) is 15.8 Å². The zero-order valence-electron chi connectivity index (χ0n) is 18.2. The van der Waals surface area contributed by atoms with Gasteiger partial charge in [-0.1, -0.05) is 17.7 Å². The summed E-state index contributed by atoms with van der Waals surface area (Å²) in [7, 11) is 0. The van der Waals surface area contributed by atoms with Crippen LogP contribution in [0.25, 0.3) is 5.57 Å². The van der Waals surface area contributed by atoms with Crippen LogP contribution < -0.4 is 10.7 Å². The second kappa shape index (κ2) is 8.03. The van der Waals surface area contributed by atoms with Crippen LogP contribution in [-0.2, 0) is 14.3 Å². The predicted molar refractivity (Wildman–Crippen MR) is 113 cm³/mol. The number of fused-ring (bicyclic) bond motifs is 1. The second-order valence-corrected chi connectivity index (χ2v) is 8.35. The molecule has 29 heavy (non-hydrogen) atoms. The summed E-state index contributed by atoms with van der Waals surface area (Å²) in [6, 6.07) is 4.35. The predicted octanol–water partition coefficient (Wildman–Crippen LogP) is 3.63. The van der Waals surface area contributed by atoms with Gasteiger partial charge in [-0.25, -0.2) is 10.4 Å². The molecule has 3 rings (SSSR count). The number of rotatable bonds is 6. The maximum absolute atomic E-state index is 13.1. The summed E-state index contributed by atoms with van der Waals surface area (Å²) in [5.74, 6) is 0.482. The number of nitrogens with zero attached hydrogens (tertiary/aromatic N) is 1. The van der Waals surface area contributed by atoms with Crippen LogP contribution in [-0.4, -0.2) is 29.0 Å². The first-order valence-electron chi connectivity index (χ1n) is 10.2. The van der Waals surface area contributed by atoms with Gasteiger partial charge < -0.3 is 10.1 Å². The van der Waals surface area contributed by atoms with E-state index in [1.165, 1.54) is 22.3 Å². The number of hydrazine groups is 1. The summed E-state index contributed by atoms with van der Waals surface area (Å²) >= 11 is 0.